The first-order chi connectivity index (χ1) is 22.6. The molecule has 5 rings (SSSR count). The highest BCUT2D eigenvalue weighted by Crippen LogP contribution is 2.37. The summed E-state index contributed by atoms with van der Waals surface area (Å²) >= 11 is 0. The first-order valence-corrected chi connectivity index (χ1v) is 16.3. The van der Waals surface area contributed by atoms with E-state index in [4.69, 9.17) is 16.2 Å². The van der Waals surface area contributed by atoms with Crippen molar-refractivity contribution in [1.29, 1.82) is 0 Å². The third kappa shape index (κ3) is 8.34. The van der Waals surface area contributed by atoms with Crippen molar-refractivity contribution in [2.24, 2.45) is 16.9 Å². The van der Waals surface area contributed by atoms with Gasteiger partial charge in [0.05, 0.1) is 5.41 Å². The topological polar surface area (TPSA) is 136 Å². The van der Waals surface area contributed by atoms with Crippen molar-refractivity contribution in [3.05, 3.63) is 108 Å². The van der Waals surface area contributed by atoms with Crippen LogP contribution in [0, 0.1) is 5.41 Å². The summed E-state index contributed by atoms with van der Waals surface area (Å²) < 4.78 is 4.90. The standard InChI is InChI=1S/C38H44N4O5/c1-41(33(43)14-8-19-38(40)20-9-21-38)32(26-28-15-17-31(18-16-28)30-12-6-3-7-13-30)34(44)42-24-22-37(23-25-42,35(45)47-36(39)46)27-29-10-4-2-5-11-29/h2-8,10-18,32H,9,19-27,40H2,1H3,(H2,39,46). The van der Waals surface area contributed by atoms with Gasteiger partial charge in [-0.05, 0) is 73.3 Å². The number of nitrogens with zero attached hydrogens (tertiary/aromatic N) is 2. The fourth-order valence-electron chi connectivity index (χ4n) is 6.58. The Kier molecular flexibility index (Phi) is 10.6. The van der Waals surface area contributed by atoms with Gasteiger partial charge in [0.1, 0.15) is 6.04 Å². The van der Waals surface area contributed by atoms with Crippen LogP contribution in [-0.4, -0.2) is 65.4 Å². The van der Waals surface area contributed by atoms with Crippen LogP contribution in [-0.2, 0) is 32.0 Å². The second-order valence-corrected chi connectivity index (χ2v) is 13.0. The zero-order valence-corrected chi connectivity index (χ0v) is 27.0. The van der Waals surface area contributed by atoms with E-state index in [1.807, 2.05) is 91.0 Å². The molecule has 0 bridgehead atoms. The van der Waals surface area contributed by atoms with Gasteiger partial charge in [-0.3, -0.25) is 14.4 Å². The number of carbonyl (C=O) groups is 4. The Morgan fingerprint density at radius 1 is 0.851 bits per heavy atom. The molecule has 1 saturated heterocycles. The molecule has 2 fully saturated rings. The molecule has 246 valence electrons. The van der Waals surface area contributed by atoms with Gasteiger partial charge in [0.25, 0.3) is 0 Å². The molecule has 1 unspecified atom stereocenters. The molecule has 0 spiro atoms. The molecule has 1 heterocycles. The van der Waals surface area contributed by atoms with E-state index < -0.39 is 23.5 Å². The van der Waals surface area contributed by atoms with Crippen LogP contribution < -0.4 is 11.5 Å². The quantitative estimate of drug-likeness (QED) is 0.172. The lowest BCUT2D eigenvalue weighted by Crippen LogP contribution is -2.55. The smallest absolute Gasteiger partial charge is 0.376 e. The summed E-state index contributed by atoms with van der Waals surface area (Å²) in [5.41, 5.74) is 14.3. The Morgan fingerprint density at radius 3 is 2.02 bits per heavy atom. The van der Waals surface area contributed by atoms with E-state index in [2.05, 4.69) is 0 Å². The van der Waals surface area contributed by atoms with Crippen LogP contribution in [0.1, 0.15) is 49.7 Å². The van der Waals surface area contributed by atoms with E-state index in [9.17, 15) is 19.2 Å². The second-order valence-electron chi connectivity index (χ2n) is 13.0. The number of hydrogen-bond donors (Lipinski definition) is 2. The Morgan fingerprint density at radius 2 is 1.45 bits per heavy atom. The van der Waals surface area contributed by atoms with E-state index in [1.165, 1.54) is 11.0 Å². The average Bonchev–Trinajstić information content (AvgIpc) is 3.07. The Balaban J connectivity index is 1.34. The first-order valence-electron chi connectivity index (χ1n) is 16.3. The van der Waals surface area contributed by atoms with E-state index in [-0.39, 0.29) is 43.3 Å². The fourth-order valence-corrected chi connectivity index (χ4v) is 6.58. The molecule has 2 aliphatic rings. The van der Waals surface area contributed by atoms with Crippen LogP contribution in [0.3, 0.4) is 0 Å². The molecule has 0 radical (unpaired) electrons. The number of likely N-dealkylation sites (N-methyl/N-ethyl adjacent to an activating group) is 1. The van der Waals surface area contributed by atoms with Gasteiger partial charge < -0.3 is 26.0 Å². The lowest BCUT2D eigenvalue weighted by molar-refractivity contribution is -0.155. The highest BCUT2D eigenvalue weighted by molar-refractivity contribution is 5.93. The minimum atomic E-state index is -1.15. The zero-order chi connectivity index (χ0) is 33.4. The average molecular weight is 637 g/mol. The van der Waals surface area contributed by atoms with Crippen molar-refractivity contribution in [2.45, 2.75) is 62.9 Å². The molecular formula is C38H44N4O5. The van der Waals surface area contributed by atoms with E-state index in [0.717, 1.165) is 41.5 Å². The molecule has 1 atom stereocenters. The van der Waals surface area contributed by atoms with Crippen molar-refractivity contribution < 1.29 is 23.9 Å². The van der Waals surface area contributed by atoms with Crippen LogP contribution in [0.4, 0.5) is 4.79 Å². The van der Waals surface area contributed by atoms with Crippen molar-refractivity contribution in [3.8, 4) is 11.1 Å². The SMILES string of the molecule is CN(C(=O)C=CCC1(N)CCC1)C(Cc1ccc(-c2ccccc2)cc1)C(=O)N1CCC(Cc2ccccc2)(C(=O)OC(N)=O)CC1. The number of benzene rings is 3. The Labute approximate surface area is 276 Å². The van der Waals surface area contributed by atoms with Crippen molar-refractivity contribution in [2.75, 3.05) is 20.1 Å². The highest BCUT2D eigenvalue weighted by Gasteiger charge is 2.45. The van der Waals surface area contributed by atoms with E-state index >= 15 is 0 Å². The first kappa shape index (κ1) is 33.6. The third-order valence-corrected chi connectivity index (χ3v) is 9.77. The number of nitrogens with two attached hydrogens (primary N) is 2. The van der Waals surface area contributed by atoms with Gasteiger partial charge in [-0.15, -0.1) is 0 Å². The number of esters is 1. The summed E-state index contributed by atoms with van der Waals surface area (Å²) in [6, 6.07) is 26.8. The van der Waals surface area contributed by atoms with Crippen molar-refractivity contribution >= 4 is 23.9 Å². The largest absolute Gasteiger partial charge is 0.412 e. The zero-order valence-electron chi connectivity index (χ0n) is 27.0. The molecule has 3 amide bonds. The number of hydrogen-bond acceptors (Lipinski definition) is 6. The number of primary amides is 1. The second kappa shape index (κ2) is 14.8. The highest BCUT2D eigenvalue weighted by atomic mass is 16.6. The van der Waals surface area contributed by atoms with Crippen LogP contribution in [0.5, 0.6) is 0 Å². The fraction of sp³-hybridized carbons (Fsp3) is 0.368. The summed E-state index contributed by atoms with van der Waals surface area (Å²) in [5, 5.41) is 0. The van der Waals surface area contributed by atoms with Gasteiger partial charge in [-0.2, -0.15) is 0 Å². The van der Waals surface area contributed by atoms with E-state index in [0.29, 0.717) is 19.3 Å². The number of amides is 3. The summed E-state index contributed by atoms with van der Waals surface area (Å²) in [5.74, 6) is -1.16. The maximum absolute atomic E-state index is 14.2. The number of carbonyl (C=O) groups excluding carboxylic acids is 4. The third-order valence-electron chi connectivity index (χ3n) is 9.77. The molecular weight excluding hydrogens is 592 g/mol. The monoisotopic (exact) mass is 636 g/mol. The molecule has 9 nitrogen and oxygen atoms in total. The lowest BCUT2D eigenvalue weighted by atomic mass is 9.73. The van der Waals surface area contributed by atoms with Crippen LogP contribution in [0.25, 0.3) is 11.1 Å². The Bertz CT molecular complexity index is 1580. The minimum absolute atomic E-state index is 0.202. The molecule has 3 aromatic rings. The van der Waals surface area contributed by atoms with Crippen LogP contribution >= 0.6 is 0 Å². The predicted molar refractivity (Wildman–Crippen MR) is 181 cm³/mol. The number of rotatable bonds is 11. The van der Waals surface area contributed by atoms with E-state index in [1.54, 1.807) is 11.9 Å². The Hall–Kier alpha value is -4.76. The number of piperidine rings is 1. The van der Waals surface area contributed by atoms with Crippen LogP contribution in [0.15, 0.2) is 97.1 Å². The molecule has 1 aliphatic heterocycles. The minimum Gasteiger partial charge on any atom is -0.376 e. The number of likely N-dealkylation sites (tertiary alicyclic amines) is 1. The summed E-state index contributed by atoms with van der Waals surface area (Å²) in [4.78, 5) is 55.6. The molecule has 1 saturated carbocycles. The van der Waals surface area contributed by atoms with Crippen molar-refractivity contribution in [1.82, 2.24) is 9.80 Å². The van der Waals surface area contributed by atoms with Crippen molar-refractivity contribution in [3.63, 3.8) is 0 Å². The summed E-state index contributed by atoms with van der Waals surface area (Å²) in [6.45, 7) is 0.521. The van der Waals surface area contributed by atoms with Gasteiger partial charge in [0.2, 0.25) is 11.8 Å². The molecule has 9 heteroatoms. The molecule has 4 N–H and O–H groups in total. The molecule has 0 aromatic heterocycles. The van der Waals surface area contributed by atoms with Gasteiger partial charge in [-0.25, -0.2) is 4.79 Å². The summed E-state index contributed by atoms with van der Waals surface area (Å²) in [7, 11) is 1.66. The van der Waals surface area contributed by atoms with Crippen LogP contribution in [0.2, 0.25) is 0 Å². The molecule has 1 aliphatic carbocycles. The van der Waals surface area contributed by atoms with Gasteiger partial charge in [0, 0.05) is 32.1 Å². The lowest BCUT2D eigenvalue weighted by Gasteiger charge is -2.41. The molecule has 3 aromatic carbocycles. The maximum atomic E-state index is 14.2. The van der Waals surface area contributed by atoms with Gasteiger partial charge in [0.15, 0.2) is 0 Å². The maximum Gasteiger partial charge on any atom is 0.412 e. The summed E-state index contributed by atoms with van der Waals surface area (Å²) in [6.07, 6.45) is 7.02. The molecule has 47 heavy (non-hydrogen) atoms. The predicted octanol–water partition coefficient (Wildman–Crippen LogP) is 5.02. The van der Waals surface area contributed by atoms with Gasteiger partial charge >= 0.3 is 12.1 Å². The number of ether oxygens (including phenoxy) is 1. The normalized spacial score (nSPS) is 17.4. The van der Waals surface area contributed by atoms with Gasteiger partial charge in [-0.1, -0.05) is 91.0 Å².